The van der Waals surface area contributed by atoms with Crippen LogP contribution < -0.4 is 10.6 Å². The number of nitrogens with one attached hydrogen (secondary N) is 2. The molecule has 1 saturated carbocycles. The lowest BCUT2D eigenvalue weighted by Crippen LogP contribution is -2.28. The van der Waals surface area contributed by atoms with E-state index in [-0.39, 0.29) is 36.8 Å². The van der Waals surface area contributed by atoms with Gasteiger partial charge in [-0.15, -0.1) is 11.3 Å². The minimum absolute atomic E-state index is 0.0160. The van der Waals surface area contributed by atoms with E-state index in [2.05, 4.69) is 39.9 Å². The van der Waals surface area contributed by atoms with Gasteiger partial charge in [-0.05, 0) is 41.5 Å². The summed E-state index contributed by atoms with van der Waals surface area (Å²) in [7, 11) is 0. The average molecular weight is 492 g/mol. The SMILES string of the molecule is Cc1sc(CNC(=O)OCC2c3ccccc3-c3ccccc32)nc1C(=O)NCC1CC1C(=O)O. The molecule has 1 aromatic heterocycles. The third kappa shape index (κ3) is 4.77. The van der Waals surface area contributed by atoms with Gasteiger partial charge in [0.2, 0.25) is 0 Å². The number of carbonyl (C=O) groups excluding carboxylic acids is 2. The second-order valence-corrected chi connectivity index (χ2v) is 10.1. The molecule has 0 spiro atoms. The van der Waals surface area contributed by atoms with Crippen molar-refractivity contribution in [3.05, 3.63) is 75.2 Å². The summed E-state index contributed by atoms with van der Waals surface area (Å²) in [6.45, 7) is 2.49. The number of nitrogens with zero attached hydrogens (tertiary/aromatic N) is 1. The zero-order chi connectivity index (χ0) is 24.5. The van der Waals surface area contributed by atoms with Crippen LogP contribution in [-0.4, -0.2) is 41.2 Å². The molecule has 0 saturated heterocycles. The molecule has 3 aromatic rings. The van der Waals surface area contributed by atoms with E-state index in [1.165, 1.54) is 22.5 Å². The van der Waals surface area contributed by atoms with Crippen molar-refractivity contribution in [2.45, 2.75) is 25.8 Å². The van der Waals surface area contributed by atoms with E-state index in [0.717, 1.165) is 16.0 Å². The summed E-state index contributed by atoms with van der Waals surface area (Å²) in [4.78, 5) is 40.9. The lowest BCUT2D eigenvalue weighted by Gasteiger charge is -2.14. The number of amides is 2. The molecule has 0 aliphatic heterocycles. The molecule has 2 amide bonds. The van der Waals surface area contributed by atoms with Crippen LogP contribution in [0.2, 0.25) is 0 Å². The first-order valence-corrected chi connectivity index (χ1v) is 12.3. The number of benzene rings is 2. The topological polar surface area (TPSA) is 118 Å². The van der Waals surface area contributed by atoms with Crippen LogP contribution in [0.1, 0.15) is 43.8 Å². The van der Waals surface area contributed by atoms with Gasteiger partial charge in [-0.1, -0.05) is 48.5 Å². The van der Waals surface area contributed by atoms with Crippen molar-refractivity contribution in [1.82, 2.24) is 15.6 Å². The van der Waals surface area contributed by atoms with Gasteiger partial charge in [0.05, 0.1) is 12.5 Å². The Morgan fingerprint density at radius 2 is 1.71 bits per heavy atom. The van der Waals surface area contributed by atoms with Crippen LogP contribution >= 0.6 is 11.3 Å². The maximum Gasteiger partial charge on any atom is 0.407 e. The quantitative estimate of drug-likeness (QED) is 0.439. The summed E-state index contributed by atoms with van der Waals surface area (Å²) in [5.74, 6) is -1.57. The first-order valence-electron chi connectivity index (χ1n) is 11.5. The maximum atomic E-state index is 12.5. The Bertz CT molecular complexity index is 1260. The summed E-state index contributed by atoms with van der Waals surface area (Å²) in [5, 5.41) is 15.1. The number of rotatable bonds is 8. The average Bonchev–Trinajstić information content (AvgIpc) is 3.45. The Morgan fingerprint density at radius 1 is 1.06 bits per heavy atom. The molecule has 35 heavy (non-hydrogen) atoms. The number of carbonyl (C=O) groups is 3. The monoisotopic (exact) mass is 491 g/mol. The zero-order valence-electron chi connectivity index (χ0n) is 19.1. The molecule has 5 rings (SSSR count). The predicted molar refractivity (Wildman–Crippen MR) is 130 cm³/mol. The number of thiazole rings is 1. The van der Waals surface area contributed by atoms with Gasteiger partial charge >= 0.3 is 12.1 Å². The Labute approximate surface area is 206 Å². The van der Waals surface area contributed by atoms with Crippen molar-refractivity contribution in [3.8, 4) is 11.1 Å². The number of aryl methyl sites for hydroxylation is 1. The third-order valence-electron chi connectivity index (χ3n) is 6.55. The van der Waals surface area contributed by atoms with Crippen LogP contribution in [0.3, 0.4) is 0 Å². The van der Waals surface area contributed by atoms with E-state index in [4.69, 9.17) is 9.84 Å². The van der Waals surface area contributed by atoms with E-state index in [1.54, 1.807) is 6.92 Å². The van der Waals surface area contributed by atoms with Crippen LogP contribution in [0.15, 0.2) is 48.5 Å². The molecule has 3 N–H and O–H groups in total. The smallest absolute Gasteiger partial charge is 0.407 e. The van der Waals surface area contributed by atoms with Gasteiger partial charge in [-0.2, -0.15) is 0 Å². The fraction of sp³-hybridized carbons (Fsp3) is 0.308. The van der Waals surface area contributed by atoms with E-state index in [0.29, 0.717) is 23.7 Å². The summed E-state index contributed by atoms with van der Waals surface area (Å²) >= 11 is 1.33. The molecule has 1 fully saturated rings. The number of carboxylic acid groups (broad SMARTS) is 1. The zero-order valence-corrected chi connectivity index (χ0v) is 19.9. The first kappa shape index (κ1) is 23.0. The van der Waals surface area contributed by atoms with Crippen LogP contribution in [-0.2, 0) is 16.1 Å². The van der Waals surface area contributed by atoms with Gasteiger partial charge in [-0.3, -0.25) is 9.59 Å². The van der Waals surface area contributed by atoms with Gasteiger partial charge in [0.15, 0.2) is 0 Å². The van der Waals surface area contributed by atoms with Crippen LogP contribution in [0.4, 0.5) is 4.79 Å². The number of carboxylic acids is 1. The predicted octanol–water partition coefficient (Wildman–Crippen LogP) is 3.94. The summed E-state index contributed by atoms with van der Waals surface area (Å²) in [5.41, 5.74) is 4.93. The molecular weight excluding hydrogens is 466 g/mol. The number of alkyl carbamates (subject to hydrolysis) is 1. The summed E-state index contributed by atoms with van der Waals surface area (Å²) < 4.78 is 5.55. The second-order valence-electron chi connectivity index (χ2n) is 8.84. The van der Waals surface area contributed by atoms with Gasteiger partial charge < -0.3 is 20.5 Å². The Morgan fingerprint density at radius 3 is 2.34 bits per heavy atom. The van der Waals surface area contributed by atoms with Crippen molar-refractivity contribution in [2.24, 2.45) is 11.8 Å². The molecule has 2 aromatic carbocycles. The molecule has 0 bridgehead atoms. The molecule has 8 nitrogen and oxygen atoms in total. The fourth-order valence-electron chi connectivity index (χ4n) is 4.62. The number of hydrogen-bond donors (Lipinski definition) is 3. The van der Waals surface area contributed by atoms with Crippen molar-refractivity contribution in [2.75, 3.05) is 13.2 Å². The van der Waals surface area contributed by atoms with Crippen LogP contribution in [0, 0.1) is 18.8 Å². The lowest BCUT2D eigenvalue weighted by atomic mass is 9.98. The Hall–Kier alpha value is -3.72. The van der Waals surface area contributed by atoms with Crippen molar-refractivity contribution in [3.63, 3.8) is 0 Å². The van der Waals surface area contributed by atoms with E-state index in [1.807, 2.05) is 24.3 Å². The molecule has 1 heterocycles. The van der Waals surface area contributed by atoms with Crippen molar-refractivity contribution in [1.29, 1.82) is 0 Å². The summed E-state index contributed by atoms with van der Waals surface area (Å²) in [6, 6.07) is 16.3. The number of hydrogen-bond acceptors (Lipinski definition) is 6. The number of aromatic nitrogens is 1. The molecular formula is C26H25N3O5S. The van der Waals surface area contributed by atoms with E-state index >= 15 is 0 Å². The number of aliphatic carboxylic acids is 1. The lowest BCUT2D eigenvalue weighted by molar-refractivity contribution is -0.138. The number of fused-ring (bicyclic) bond motifs is 3. The van der Waals surface area contributed by atoms with Crippen molar-refractivity contribution < 1.29 is 24.2 Å². The largest absolute Gasteiger partial charge is 0.481 e. The molecule has 2 aliphatic carbocycles. The van der Waals surface area contributed by atoms with Crippen LogP contribution in [0.25, 0.3) is 11.1 Å². The summed E-state index contributed by atoms with van der Waals surface area (Å²) in [6.07, 6.45) is 0.0419. The molecule has 180 valence electrons. The highest BCUT2D eigenvalue weighted by Crippen LogP contribution is 2.44. The fourth-order valence-corrected chi connectivity index (χ4v) is 5.49. The highest BCUT2D eigenvalue weighted by molar-refractivity contribution is 7.11. The molecule has 2 aliphatic rings. The van der Waals surface area contributed by atoms with Gasteiger partial charge in [0.25, 0.3) is 5.91 Å². The second kappa shape index (κ2) is 9.50. The number of ether oxygens (including phenoxy) is 1. The van der Waals surface area contributed by atoms with E-state index in [9.17, 15) is 14.4 Å². The van der Waals surface area contributed by atoms with Crippen molar-refractivity contribution >= 4 is 29.3 Å². The van der Waals surface area contributed by atoms with Gasteiger partial charge in [0, 0.05) is 17.3 Å². The standard InChI is InChI=1S/C26H25N3O5S/c1-14-23(24(30)27-11-15-10-20(15)25(31)32)29-22(35-14)12-28-26(33)34-13-21-18-8-4-2-6-16(18)17-7-3-5-9-19(17)21/h2-9,15,20-21H,10-13H2,1H3,(H,27,30)(H,28,33)(H,31,32). The van der Waals surface area contributed by atoms with Gasteiger partial charge in [0.1, 0.15) is 17.3 Å². The van der Waals surface area contributed by atoms with E-state index < -0.39 is 12.1 Å². The molecule has 2 unspecified atom stereocenters. The molecule has 2 atom stereocenters. The normalized spacial score (nSPS) is 17.9. The van der Waals surface area contributed by atoms with Gasteiger partial charge in [-0.25, -0.2) is 9.78 Å². The highest BCUT2D eigenvalue weighted by atomic mass is 32.1. The minimum Gasteiger partial charge on any atom is -0.481 e. The maximum absolute atomic E-state index is 12.5. The minimum atomic E-state index is -0.823. The Kier molecular flexibility index (Phi) is 6.25. The Balaban J connectivity index is 1.13. The van der Waals surface area contributed by atoms with Crippen LogP contribution in [0.5, 0.6) is 0 Å². The molecule has 9 heteroatoms. The highest BCUT2D eigenvalue weighted by Gasteiger charge is 2.43. The molecule has 0 radical (unpaired) electrons. The third-order valence-corrected chi connectivity index (χ3v) is 7.52. The first-order chi connectivity index (χ1) is 16.9.